The average Bonchev–Trinajstić information content (AvgIpc) is 2.90. The Labute approximate surface area is 162 Å². The van der Waals surface area contributed by atoms with Crippen LogP contribution in [-0.2, 0) is 4.79 Å². The van der Waals surface area contributed by atoms with Gasteiger partial charge in [0.05, 0.1) is 18.3 Å². The van der Waals surface area contributed by atoms with Crippen molar-refractivity contribution >= 4 is 5.97 Å². The molecule has 0 amide bonds. The Bertz CT molecular complexity index is 535. The first-order chi connectivity index (χ1) is 13.0. The van der Waals surface area contributed by atoms with Crippen molar-refractivity contribution in [2.45, 2.75) is 70.2 Å². The van der Waals surface area contributed by atoms with Crippen molar-refractivity contribution in [3.8, 4) is 0 Å². The van der Waals surface area contributed by atoms with Crippen molar-refractivity contribution < 1.29 is 25.2 Å². The van der Waals surface area contributed by atoms with Crippen molar-refractivity contribution in [1.82, 2.24) is 0 Å². The number of carboxylic acids is 1. The van der Waals surface area contributed by atoms with Crippen molar-refractivity contribution in [3.63, 3.8) is 0 Å². The standard InChI is InChI=1S/C22H34O5/c1-2-18-19(21(25)16-20(18)24)15-14-17(23)12-10-8-6-4-3-5-7-9-11-13-22(26)27/h3-4,7-10,14-15,17-21,23-25H,2,5-6,11-13,16H2,1H3,(H,26,27)/b4-3-,9-7-,10-8-,15-14+/t17-,18+,19+,20-,21+/m1/s1. The highest BCUT2D eigenvalue weighted by Gasteiger charge is 2.38. The van der Waals surface area contributed by atoms with Gasteiger partial charge in [-0.3, -0.25) is 4.79 Å². The molecule has 0 heterocycles. The minimum atomic E-state index is -0.778. The quantitative estimate of drug-likeness (QED) is 0.390. The van der Waals surface area contributed by atoms with E-state index in [4.69, 9.17) is 5.11 Å². The van der Waals surface area contributed by atoms with E-state index in [-0.39, 0.29) is 18.3 Å². The second-order valence-electron chi connectivity index (χ2n) is 7.03. The molecular weight excluding hydrogens is 344 g/mol. The molecule has 4 N–H and O–H groups in total. The van der Waals surface area contributed by atoms with Gasteiger partial charge in [0.1, 0.15) is 0 Å². The van der Waals surface area contributed by atoms with E-state index in [1.165, 1.54) is 0 Å². The van der Waals surface area contributed by atoms with Crippen molar-refractivity contribution in [2.24, 2.45) is 11.8 Å². The van der Waals surface area contributed by atoms with Crippen LogP contribution in [0.25, 0.3) is 0 Å². The van der Waals surface area contributed by atoms with Crippen LogP contribution in [0.4, 0.5) is 0 Å². The lowest BCUT2D eigenvalue weighted by Crippen LogP contribution is -2.20. The van der Waals surface area contributed by atoms with Gasteiger partial charge in [-0.05, 0) is 31.6 Å². The summed E-state index contributed by atoms with van der Waals surface area (Å²) in [6.45, 7) is 2.01. The molecule has 1 rings (SSSR count). The number of hydrogen-bond acceptors (Lipinski definition) is 4. The Balaban J connectivity index is 2.21. The highest BCUT2D eigenvalue weighted by Crippen LogP contribution is 2.35. The van der Waals surface area contributed by atoms with Gasteiger partial charge in [0.25, 0.3) is 0 Å². The summed E-state index contributed by atoms with van der Waals surface area (Å²) in [5, 5.41) is 38.5. The van der Waals surface area contributed by atoms with Gasteiger partial charge in [0, 0.05) is 18.8 Å². The van der Waals surface area contributed by atoms with Gasteiger partial charge in [-0.1, -0.05) is 62.0 Å². The number of rotatable bonds is 12. The second kappa shape index (κ2) is 13.5. The first-order valence-corrected chi connectivity index (χ1v) is 9.85. The molecule has 0 aliphatic heterocycles. The Kier molecular flexibility index (Phi) is 11.7. The van der Waals surface area contributed by atoms with Crippen LogP contribution in [0.3, 0.4) is 0 Å². The third-order valence-electron chi connectivity index (χ3n) is 4.89. The van der Waals surface area contributed by atoms with Gasteiger partial charge in [-0.15, -0.1) is 0 Å². The van der Waals surface area contributed by atoms with Crippen molar-refractivity contribution in [2.75, 3.05) is 0 Å². The summed E-state index contributed by atoms with van der Waals surface area (Å²) < 4.78 is 0. The van der Waals surface area contributed by atoms with Gasteiger partial charge in [0.15, 0.2) is 0 Å². The van der Waals surface area contributed by atoms with Crippen molar-refractivity contribution in [3.05, 3.63) is 48.6 Å². The molecule has 0 radical (unpaired) electrons. The summed E-state index contributed by atoms with van der Waals surface area (Å²) in [6.07, 6.45) is 17.8. The summed E-state index contributed by atoms with van der Waals surface area (Å²) in [5.41, 5.74) is 0. The fourth-order valence-corrected chi connectivity index (χ4v) is 3.37. The third-order valence-corrected chi connectivity index (χ3v) is 4.89. The van der Waals surface area contributed by atoms with Crippen LogP contribution in [0.5, 0.6) is 0 Å². The predicted octanol–water partition coefficient (Wildman–Crippen LogP) is 3.38. The van der Waals surface area contributed by atoms with Crippen LogP contribution in [0.15, 0.2) is 48.6 Å². The number of allylic oxidation sites excluding steroid dienone is 5. The lowest BCUT2D eigenvalue weighted by atomic mass is 9.90. The van der Waals surface area contributed by atoms with E-state index in [1.807, 2.05) is 49.5 Å². The molecule has 152 valence electrons. The minimum Gasteiger partial charge on any atom is -0.481 e. The first kappa shape index (κ1) is 23.3. The molecule has 1 aliphatic rings. The molecule has 1 saturated carbocycles. The van der Waals surface area contributed by atoms with Crippen LogP contribution >= 0.6 is 0 Å². The molecule has 0 aromatic heterocycles. The maximum absolute atomic E-state index is 10.3. The molecule has 0 unspecified atom stereocenters. The third kappa shape index (κ3) is 9.70. The predicted molar refractivity (Wildman–Crippen MR) is 107 cm³/mol. The van der Waals surface area contributed by atoms with E-state index in [0.717, 1.165) is 19.3 Å². The molecule has 1 aliphatic carbocycles. The van der Waals surface area contributed by atoms with E-state index in [9.17, 15) is 20.1 Å². The minimum absolute atomic E-state index is 0.0577. The number of aliphatic carboxylic acids is 1. The van der Waals surface area contributed by atoms with E-state index in [0.29, 0.717) is 19.3 Å². The molecule has 0 aromatic carbocycles. The molecule has 0 spiro atoms. The number of aliphatic hydroxyl groups is 3. The lowest BCUT2D eigenvalue weighted by molar-refractivity contribution is -0.136. The summed E-state index contributed by atoms with van der Waals surface area (Å²) >= 11 is 0. The summed E-state index contributed by atoms with van der Waals surface area (Å²) in [5.74, 6) is -0.808. The molecule has 0 saturated heterocycles. The van der Waals surface area contributed by atoms with Gasteiger partial charge < -0.3 is 20.4 Å². The van der Waals surface area contributed by atoms with Crippen LogP contribution in [0.1, 0.15) is 51.9 Å². The van der Waals surface area contributed by atoms with E-state index in [2.05, 4.69) is 0 Å². The SMILES string of the molecule is CC[C@H]1[C@H](/C=C/[C@H](O)C/C=C\C/C=C\C/C=C\CCC(=O)O)[C@@H](O)C[C@H]1O. The van der Waals surface area contributed by atoms with E-state index < -0.39 is 24.3 Å². The molecule has 5 nitrogen and oxygen atoms in total. The Morgan fingerprint density at radius 2 is 1.67 bits per heavy atom. The zero-order valence-corrected chi connectivity index (χ0v) is 16.2. The first-order valence-electron chi connectivity index (χ1n) is 9.85. The fraction of sp³-hybridized carbons (Fsp3) is 0.591. The fourth-order valence-electron chi connectivity index (χ4n) is 3.37. The molecule has 5 heteroatoms. The normalized spacial score (nSPS) is 27.6. The van der Waals surface area contributed by atoms with Gasteiger partial charge in [-0.25, -0.2) is 0 Å². The summed E-state index contributed by atoms with van der Waals surface area (Å²) in [4.78, 5) is 10.3. The van der Waals surface area contributed by atoms with Crippen molar-refractivity contribution in [1.29, 1.82) is 0 Å². The highest BCUT2D eigenvalue weighted by atomic mass is 16.4. The van der Waals surface area contributed by atoms with Crippen LogP contribution < -0.4 is 0 Å². The van der Waals surface area contributed by atoms with Crippen LogP contribution in [0.2, 0.25) is 0 Å². The zero-order chi connectivity index (χ0) is 20.1. The average molecular weight is 379 g/mol. The van der Waals surface area contributed by atoms with Gasteiger partial charge in [-0.2, -0.15) is 0 Å². The topological polar surface area (TPSA) is 98.0 Å². The Morgan fingerprint density at radius 3 is 2.30 bits per heavy atom. The number of carbonyl (C=O) groups is 1. The Hall–Kier alpha value is -1.69. The zero-order valence-electron chi connectivity index (χ0n) is 16.2. The molecule has 0 aromatic rings. The number of hydrogen-bond donors (Lipinski definition) is 4. The van der Waals surface area contributed by atoms with Crippen LogP contribution in [-0.4, -0.2) is 44.7 Å². The molecule has 1 fully saturated rings. The van der Waals surface area contributed by atoms with E-state index in [1.54, 1.807) is 6.08 Å². The number of aliphatic hydroxyl groups excluding tert-OH is 3. The molecule has 0 bridgehead atoms. The highest BCUT2D eigenvalue weighted by molar-refractivity contribution is 5.66. The van der Waals surface area contributed by atoms with E-state index >= 15 is 0 Å². The molecule has 5 atom stereocenters. The summed E-state index contributed by atoms with van der Waals surface area (Å²) in [7, 11) is 0. The lowest BCUT2D eigenvalue weighted by Gasteiger charge is -2.19. The largest absolute Gasteiger partial charge is 0.481 e. The maximum atomic E-state index is 10.3. The monoisotopic (exact) mass is 378 g/mol. The second-order valence-corrected chi connectivity index (χ2v) is 7.03. The number of carboxylic acid groups (broad SMARTS) is 1. The maximum Gasteiger partial charge on any atom is 0.303 e. The smallest absolute Gasteiger partial charge is 0.303 e. The van der Waals surface area contributed by atoms with Crippen LogP contribution in [0, 0.1) is 11.8 Å². The molecule has 27 heavy (non-hydrogen) atoms. The summed E-state index contributed by atoms with van der Waals surface area (Å²) in [6, 6.07) is 0. The molecular formula is C22H34O5. The van der Waals surface area contributed by atoms with Gasteiger partial charge in [0.2, 0.25) is 0 Å². The Morgan fingerprint density at radius 1 is 1.04 bits per heavy atom. The van der Waals surface area contributed by atoms with Gasteiger partial charge >= 0.3 is 5.97 Å².